The zero-order valence-corrected chi connectivity index (χ0v) is 6.72. The molecule has 3 nitrogen and oxygen atoms in total. The Balaban J connectivity index is 0.000000371. The highest BCUT2D eigenvalue weighted by atomic mass is 16.4. The molecule has 0 bridgehead atoms. The maximum atomic E-state index is 5.18. The van der Waals surface area contributed by atoms with E-state index in [2.05, 4.69) is 4.98 Å². The van der Waals surface area contributed by atoms with E-state index in [0.717, 1.165) is 12.2 Å². The maximum absolute atomic E-state index is 5.18. The lowest BCUT2D eigenvalue weighted by molar-refractivity contribution is 0.529. The molecule has 0 atom stereocenters. The molecule has 0 aromatic carbocycles. The fraction of sp³-hybridized carbons (Fsp3) is 0.571. The van der Waals surface area contributed by atoms with Crippen LogP contribution in [-0.4, -0.2) is 4.98 Å². The molecule has 0 aliphatic heterocycles. The summed E-state index contributed by atoms with van der Waals surface area (Å²) in [7, 11) is 0. The molecule has 1 aromatic rings. The van der Waals surface area contributed by atoms with Gasteiger partial charge in [-0.15, -0.1) is 0 Å². The van der Waals surface area contributed by atoms with Crippen molar-refractivity contribution in [2.24, 2.45) is 0 Å². The fourth-order valence-corrected chi connectivity index (χ4v) is 0.486. The molecule has 1 heterocycles. The number of hydrogen-bond donors (Lipinski definition) is 1. The van der Waals surface area contributed by atoms with Crippen molar-refractivity contribution in [1.82, 2.24) is 4.98 Å². The molecular weight excluding hydrogens is 128 g/mol. The molecule has 3 heteroatoms. The van der Waals surface area contributed by atoms with Crippen molar-refractivity contribution in [1.29, 1.82) is 0 Å². The molecular formula is C7H14N2O. The number of nitrogens with two attached hydrogens (primary N) is 1. The normalized spacial score (nSPS) is 8.30. The minimum Gasteiger partial charge on any atom is -0.429 e. The van der Waals surface area contributed by atoms with E-state index in [0.29, 0.717) is 0 Å². The zero-order valence-electron chi connectivity index (χ0n) is 6.72. The minimum atomic E-state index is 0.252. The van der Waals surface area contributed by atoms with Gasteiger partial charge in [0.05, 0.1) is 6.20 Å². The average molecular weight is 142 g/mol. The van der Waals surface area contributed by atoms with Crippen LogP contribution in [0.25, 0.3) is 0 Å². The van der Waals surface area contributed by atoms with Gasteiger partial charge in [-0.05, 0) is 0 Å². The second-order valence-electron chi connectivity index (χ2n) is 1.52. The van der Waals surface area contributed by atoms with Gasteiger partial charge in [0.2, 0.25) is 0 Å². The van der Waals surface area contributed by atoms with Crippen LogP contribution in [0.15, 0.2) is 10.6 Å². The summed E-state index contributed by atoms with van der Waals surface area (Å²) in [6.45, 7) is 5.99. The van der Waals surface area contributed by atoms with Crippen LogP contribution in [0.4, 0.5) is 6.01 Å². The number of aryl methyl sites for hydroxylation is 1. The van der Waals surface area contributed by atoms with Gasteiger partial charge < -0.3 is 10.2 Å². The third-order valence-corrected chi connectivity index (χ3v) is 0.920. The van der Waals surface area contributed by atoms with Crippen molar-refractivity contribution in [2.75, 3.05) is 5.73 Å². The number of nitrogen functional groups attached to an aromatic ring is 1. The van der Waals surface area contributed by atoms with Crippen LogP contribution in [0.1, 0.15) is 26.5 Å². The van der Waals surface area contributed by atoms with E-state index in [-0.39, 0.29) is 6.01 Å². The van der Waals surface area contributed by atoms with E-state index in [1.165, 1.54) is 0 Å². The van der Waals surface area contributed by atoms with Crippen LogP contribution in [-0.2, 0) is 6.42 Å². The third kappa shape index (κ3) is 2.53. The summed E-state index contributed by atoms with van der Waals surface area (Å²) in [6, 6.07) is 0.252. The highest BCUT2D eigenvalue weighted by Gasteiger charge is 1.93. The number of nitrogens with zero attached hydrogens (tertiary/aromatic N) is 1. The lowest BCUT2D eigenvalue weighted by Crippen LogP contribution is -1.80. The monoisotopic (exact) mass is 142 g/mol. The van der Waals surface area contributed by atoms with Gasteiger partial charge in [-0.3, -0.25) is 0 Å². The highest BCUT2D eigenvalue weighted by Crippen LogP contribution is 2.03. The standard InChI is InChI=1S/C5H8N2O.C2H6/c1-2-4-3-7-5(6)8-4;1-2/h3H,2H2,1H3,(H2,6,7);1-2H3. The van der Waals surface area contributed by atoms with Crippen LogP contribution in [0.5, 0.6) is 0 Å². The van der Waals surface area contributed by atoms with Crippen molar-refractivity contribution < 1.29 is 4.42 Å². The van der Waals surface area contributed by atoms with Crippen LogP contribution in [0, 0.1) is 0 Å². The largest absolute Gasteiger partial charge is 0.429 e. The first-order valence-electron chi connectivity index (χ1n) is 3.53. The summed E-state index contributed by atoms with van der Waals surface area (Å²) in [5, 5.41) is 0. The molecule has 0 radical (unpaired) electrons. The molecule has 0 saturated heterocycles. The van der Waals surface area contributed by atoms with Crippen molar-refractivity contribution in [3.63, 3.8) is 0 Å². The maximum Gasteiger partial charge on any atom is 0.292 e. The van der Waals surface area contributed by atoms with Crippen molar-refractivity contribution in [2.45, 2.75) is 27.2 Å². The molecule has 0 unspecified atom stereocenters. The quantitative estimate of drug-likeness (QED) is 0.651. The van der Waals surface area contributed by atoms with Crippen molar-refractivity contribution >= 4 is 6.01 Å². The van der Waals surface area contributed by atoms with Gasteiger partial charge in [0.1, 0.15) is 5.76 Å². The molecule has 0 fully saturated rings. The third-order valence-electron chi connectivity index (χ3n) is 0.920. The fourth-order valence-electron chi connectivity index (χ4n) is 0.486. The van der Waals surface area contributed by atoms with Crippen LogP contribution in [0.3, 0.4) is 0 Å². The summed E-state index contributed by atoms with van der Waals surface area (Å²) in [5.41, 5.74) is 5.18. The minimum absolute atomic E-state index is 0.252. The lowest BCUT2D eigenvalue weighted by Gasteiger charge is -1.80. The Bertz CT molecular complexity index is 172. The van der Waals surface area contributed by atoms with Crippen LogP contribution < -0.4 is 5.73 Å². The molecule has 10 heavy (non-hydrogen) atoms. The van der Waals surface area contributed by atoms with Gasteiger partial charge in [0, 0.05) is 6.42 Å². The Hall–Kier alpha value is -0.990. The number of aromatic nitrogens is 1. The molecule has 0 aliphatic rings. The molecule has 0 aliphatic carbocycles. The summed E-state index contributed by atoms with van der Waals surface area (Å²) in [5.74, 6) is 0.836. The van der Waals surface area contributed by atoms with Gasteiger partial charge in [0.25, 0.3) is 6.01 Å². The molecule has 2 N–H and O–H groups in total. The average Bonchev–Trinajstić information content (AvgIpc) is 2.40. The number of rotatable bonds is 1. The Morgan fingerprint density at radius 1 is 1.60 bits per heavy atom. The molecule has 0 amide bonds. The topological polar surface area (TPSA) is 52.0 Å². The molecule has 58 valence electrons. The van der Waals surface area contributed by atoms with E-state index in [4.69, 9.17) is 10.2 Å². The van der Waals surface area contributed by atoms with E-state index < -0.39 is 0 Å². The van der Waals surface area contributed by atoms with Gasteiger partial charge >= 0.3 is 0 Å². The number of hydrogen-bond acceptors (Lipinski definition) is 3. The number of anilines is 1. The van der Waals surface area contributed by atoms with Gasteiger partial charge in [-0.25, -0.2) is 4.98 Å². The number of oxazole rings is 1. The van der Waals surface area contributed by atoms with E-state index in [1.54, 1.807) is 6.20 Å². The Morgan fingerprint density at radius 3 is 2.40 bits per heavy atom. The molecule has 1 aromatic heterocycles. The van der Waals surface area contributed by atoms with E-state index in [9.17, 15) is 0 Å². The molecule has 0 spiro atoms. The first-order valence-corrected chi connectivity index (χ1v) is 3.53. The smallest absolute Gasteiger partial charge is 0.292 e. The predicted molar refractivity (Wildman–Crippen MR) is 41.6 cm³/mol. The van der Waals surface area contributed by atoms with E-state index >= 15 is 0 Å². The van der Waals surface area contributed by atoms with Gasteiger partial charge in [0.15, 0.2) is 0 Å². The summed E-state index contributed by atoms with van der Waals surface area (Å²) in [4.78, 5) is 3.70. The Morgan fingerprint density at radius 2 is 2.20 bits per heavy atom. The summed E-state index contributed by atoms with van der Waals surface area (Å²) >= 11 is 0. The van der Waals surface area contributed by atoms with Crippen molar-refractivity contribution in [3.05, 3.63) is 12.0 Å². The van der Waals surface area contributed by atoms with Crippen LogP contribution >= 0.6 is 0 Å². The van der Waals surface area contributed by atoms with Crippen LogP contribution in [0.2, 0.25) is 0 Å². The van der Waals surface area contributed by atoms with Crippen molar-refractivity contribution in [3.8, 4) is 0 Å². The first kappa shape index (κ1) is 9.01. The summed E-state index contributed by atoms with van der Waals surface area (Å²) < 4.78 is 4.90. The Kier molecular flexibility index (Phi) is 4.37. The molecule has 0 saturated carbocycles. The second-order valence-corrected chi connectivity index (χ2v) is 1.52. The Labute approximate surface area is 61.3 Å². The summed E-state index contributed by atoms with van der Waals surface area (Å²) in [6.07, 6.45) is 2.49. The SMILES string of the molecule is CC.CCc1cnc(N)o1. The first-order chi connectivity index (χ1) is 4.83. The zero-order chi connectivity index (χ0) is 7.98. The lowest BCUT2D eigenvalue weighted by atomic mass is 10.4. The van der Waals surface area contributed by atoms with E-state index in [1.807, 2.05) is 20.8 Å². The highest BCUT2D eigenvalue weighted by molar-refractivity contribution is 5.10. The molecule has 1 rings (SSSR count). The van der Waals surface area contributed by atoms with Gasteiger partial charge in [-0.1, -0.05) is 20.8 Å². The second kappa shape index (κ2) is 4.85. The predicted octanol–water partition coefficient (Wildman–Crippen LogP) is 1.85. The van der Waals surface area contributed by atoms with Gasteiger partial charge in [-0.2, -0.15) is 0 Å².